The molecule has 0 spiro atoms. The molecule has 22 heavy (non-hydrogen) atoms. The Kier molecular flexibility index (Phi) is 5.61. The lowest BCUT2D eigenvalue weighted by atomic mass is 10.0. The predicted molar refractivity (Wildman–Crippen MR) is 90.1 cm³/mol. The summed E-state index contributed by atoms with van der Waals surface area (Å²) in [6.45, 7) is -0.0258. The Morgan fingerprint density at radius 1 is 1.05 bits per heavy atom. The van der Waals surface area contributed by atoms with Crippen molar-refractivity contribution in [2.75, 3.05) is 19.8 Å². The smallest absolute Gasteiger partial charge is 0.251 e. The van der Waals surface area contributed by atoms with Crippen molar-refractivity contribution in [1.82, 2.24) is 10.6 Å². The van der Waals surface area contributed by atoms with E-state index in [-0.39, 0.29) is 18.4 Å². The van der Waals surface area contributed by atoms with Crippen LogP contribution < -0.4 is 10.6 Å². The Balaban J connectivity index is 2.15. The molecule has 0 radical (unpaired) electrons. The van der Waals surface area contributed by atoms with Crippen molar-refractivity contribution < 1.29 is 9.59 Å². The number of carbonyl (C=O) groups is 2. The van der Waals surface area contributed by atoms with E-state index in [0.29, 0.717) is 5.56 Å². The van der Waals surface area contributed by atoms with Crippen LogP contribution in [0.1, 0.15) is 10.4 Å². The van der Waals surface area contributed by atoms with E-state index in [2.05, 4.69) is 22.8 Å². The van der Waals surface area contributed by atoms with Crippen molar-refractivity contribution in [3.05, 3.63) is 54.1 Å². The first-order valence-corrected chi connectivity index (χ1v) is 8.10. The van der Waals surface area contributed by atoms with E-state index in [1.807, 2.05) is 36.6 Å². The molecule has 2 N–H and O–H groups in total. The lowest BCUT2D eigenvalue weighted by Crippen LogP contribution is -2.35. The summed E-state index contributed by atoms with van der Waals surface area (Å²) in [6.07, 6.45) is 2.03. The van der Waals surface area contributed by atoms with E-state index in [1.54, 1.807) is 17.8 Å². The number of carbonyl (C=O) groups excluding carboxylic acids is 2. The minimum Gasteiger partial charge on any atom is -0.358 e. The van der Waals surface area contributed by atoms with Crippen molar-refractivity contribution in [1.29, 1.82) is 0 Å². The van der Waals surface area contributed by atoms with Crippen LogP contribution in [-0.2, 0) is 4.79 Å². The summed E-state index contributed by atoms with van der Waals surface area (Å²) < 4.78 is 0. The number of nitrogens with one attached hydrogen (secondary N) is 2. The maximum absolute atomic E-state index is 12.1. The van der Waals surface area contributed by atoms with Gasteiger partial charge in [-0.15, -0.1) is 11.8 Å². The molecule has 0 saturated carbocycles. The average molecular weight is 314 g/mol. The number of hydrogen-bond donors (Lipinski definition) is 2. The van der Waals surface area contributed by atoms with Gasteiger partial charge in [-0.3, -0.25) is 9.59 Å². The zero-order valence-corrected chi connectivity index (χ0v) is 13.4. The van der Waals surface area contributed by atoms with Crippen LogP contribution in [0.5, 0.6) is 0 Å². The zero-order chi connectivity index (χ0) is 15.9. The standard InChI is InChI=1S/C17H18N2O2S/c1-18-16(20)11-19-17(21)14-5-3-4-13(10-14)12-6-8-15(22-2)9-7-12/h3-10H,11H2,1-2H3,(H,18,20)(H,19,21). The molecule has 0 atom stereocenters. The quantitative estimate of drug-likeness (QED) is 0.834. The molecule has 2 amide bonds. The van der Waals surface area contributed by atoms with Gasteiger partial charge in [0.2, 0.25) is 5.91 Å². The Hall–Kier alpha value is -2.27. The van der Waals surface area contributed by atoms with Crippen LogP contribution >= 0.6 is 11.8 Å². The highest BCUT2D eigenvalue weighted by Gasteiger charge is 2.08. The predicted octanol–water partition coefficient (Wildman–Crippen LogP) is 2.55. The molecule has 2 aromatic rings. The van der Waals surface area contributed by atoms with Crippen molar-refractivity contribution in [2.45, 2.75) is 4.90 Å². The molecule has 5 heteroatoms. The molecule has 0 aliphatic rings. The summed E-state index contributed by atoms with van der Waals surface area (Å²) in [5, 5.41) is 5.06. The second kappa shape index (κ2) is 7.66. The number of likely N-dealkylation sites (N-methyl/N-ethyl adjacent to an activating group) is 1. The van der Waals surface area contributed by atoms with Crippen LogP contribution in [0.4, 0.5) is 0 Å². The van der Waals surface area contributed by atoms with Gasteiger partial charge >= 0.3 is 0 Å². The molecular weight excluding hydrogens is 296 g/mol. The van der Waals surface area contributed by atoms with Gasteiger partial charge in [0.05, 0.1) is 6.54 Å². The summed E-state index contributed by atoms with van der Waals surface area (Å²) in [5.74, 6) is -0.483. The van der Waals surface area contributed by atoms with Gasteiger partial charge in [-0.2, -0.15) is 0 Å². The van der Waals surface area contributed by atoms with Gasteiger partial charge < -0.3 is 10.6 Å². The van der Waals surface area contributed by atoms with E-state index in [9.17, 15) is 9.59 Å². The minimum absolute atomic E-state index is 0.0258. The Bertz CT molecular complexity index is 669. The SMILES string of the molecule is CNC(=O)CNC(=O)c1cccc(-c2ccc(SC)cc2)c1. The molecule has 0 saturated heterocycles. The second-order valence-corrected chi connectivity index (χ2v) is 5.54. The molecule has 114 valence electrons. The topological polar surface area (TPSA) is 58.2 Å². The molecule has 0 aliphatic heterocycles. The van der Waals surface area contributed by atoms with E-state index in [4.69, 9.17) is 0 Å². The van der Waals surface area contributed by atoms with Gasteiger partial charge in [-0.1, -0.05) is 24.3 Å². The lowest BCUT2D eigenvalue weighted by Gasteiger charge is -2.07. The number of benzene rings is 2. The maximum Gasteiger partial charge on any atom is 0.251 e. The van der Waals surface area contributed by atoms with Crippen LogP contribution in [0.3, 0.4) is 0 Å². The first kappa shape index (κ1) is 16.1. The third kappa shape index (κ3) is 4.11. The molecule has 0 heterocycles. The van der Waals surface area contributed by atoms with Crippen LogP contribution in [0.15, 0.2) is 53.4 Å². The molecule has 0 fully saturated rings. The van der Waals surface area contributed by atoms with E-state index in [0.717, 1.165) is 11.1 Å². The monoisotopic (exact) mass is 314 g/mol. The lowest BCUT2D eigenvalue weighted by molar-refractivity contribution is -0.119. The van der Waals surface area contributed by atoms with E-state index in [1.165, 1.54) is 11.9 Å². The fourth-order valence-electron chi connectivity index (χ4n) is 1.97. The second-order valence-electron chi connectivity index (χ2n) is 4.67. The van der Waals surface area contributed by atoms with Crippen molar-refractivity contribution in [3.63, 3.8) is 0 Å². The van der Waals surface area contributed by atoms with Gasteiger partial charge in [0.15, 0.2) is 0 Å². The third-order valence-electron chi connectivity index (χ3n) is 3.24. The fourth-order valence-corrected chi connectivity index (χ4v) is 2.38. The van der Waals surface area contributed by atoms with Gasteiger partial charge in [0, 0.05) is 17.5 Å². The van der Waals surface area contributed by atoms with Crippen molar-refractivity contribution >= 4 is 23.6 Å². The maximum atomic E-state index is 12.1. The van der Waals surface area contributed by atoms with Gasteiger partial charge in [-0.25, -0.2) is 0 Å². The molecule has 0 bridgehead atoms. The fraction of sp³-hybridized carbons (Fsp3) is 0.176. The minimum atomic E-state index is -0.258. The first-order chi connectivity index (χ1) is 10.6. The number of hydrogen-bond acceptors (Lipinski definition) is 3. The zero-order valence-electron chi connectivity index (χ0n) is 12.6. The van der Waals surface area contributed by atoms with E-state index < -0.39 is 0 Å². The van der Waals surface area contributed by atoms with Crippen LogP contribution in [-0.4, -0.2) is 31.7 Å². The molecule has 4 nitrogen and oxygen atoms in total. The Labute approximate surface area is 134 Å². The number of thioether (sulfide) groups is 1. The molecular formula is C17H18N2O2S. The molecule has 0 aliphatic carbocycles. The Morgan fingerprint density at radius 3 is 2.41 bits per heavy atom. The summed E-state index contributed by atoms with van der Waals surface area (Å²) in [4.78, 5) is 24.4. The summed E-state index contributed by atoms with van der Waals surface area (Å²) in [6, 6.07) is 15.5. The highest BCUT2D eigenvalue weighted by atomic mass is 32.2. The van der Waals surface area contributed by atoms with Crippen molar-refractivity contribution in [3.8, 4) is 11.1 Å². The summed E-state index contributed by atoms with van der Waals surface area (Å²) in [7, 11) is 1.54. The van der Waals surface area contributed by atoms with Gasteiger partial charge in [0.25, 0.3) is 5.91 Å². The molecule has 2 aromatic carbocycles. The summed E-state index contributed by atoms with van der Waals surface area (Å²) >= 11 is 1.69. The van der Waals surface area contributed by atoms with Crippen LogP contribution in [0, 0.1) is 0 Å². The highest BCUT2D eigenvalue weighted by molar-refractivity contribution is 7.98. The van der Waals surface area contributed by atoms with Gasteiger partial charge in [0.1, 0.15) is 0 Å². The highest BCUT2D eigenvalue weighted by Crippen LogP contribution is 2.23. The number of amides is 2. The molecule has 0 unspecified atom stereocenters. The molecule has 2 rings (SSSR count). The first-order valence-electron chi connectivity index (χ1n) is 6.87. The summed E-state index contributed by atoms with van der Waals surface area (Å²) in [5.41, 5.74) is 2.56. The Morgan fingerprint density at radius 2 is 1.77 bits per heavy atom. The number of rotatable bonds is 5. The molecule has 0 aromatic heterocycles. The van der Waals surface area contributed by atoms with Gasteiger partial charge in [-0.05, 0) is 41.6 Å². The van der Waals surface area contributed by atoms with E-state index >= 15 is 0 Å². The van der Waals surface area contributed by atoms with Crippen LogP contribution in [0.25, 0.3) is 11.1 Å². The van der Waals surface area contributed by atoms with Crippen molar-refractivity contribution in [2.24, 2.45) is 0 Å². The normalized spacial score (nSPS) is 10.1. The average Bonchev–Trinajstić information content (AvgIpc) is 2.59. The largest absolute Gasteiger partial charge is 0.358 e. The van der Waals surface area contributed by atoms with Crippen LogP contribution in [0.2, 0.25) is 0 Å². The third-order valence-corrected chi connectivity index (χ3v) is 3.98.